The van der Waals surface area contributed by atoms with E-state index in [0.717, 1.165) is 27.9 Å². The van der Waals surface area contributed by atoms with Crippen LogP contribution in [0.15, 0.2) is 36.5 Å². The number of nitrogens with one attached hydrogen (secondary N) is 3. The molecular formula is C21H23N5O3. The highest BCUT2D eigenvalue weighted by atomic mass is 16.5. The normalized spacial score (nSPS) is 16.2. The quantitative estimate of drug-likeness (QED) is 0.596. The molecule has 4 rings (SSSR count). The SMILES string of the molecule is CC(C)Oc1ccc2[nH]nc(-c3ccnc(NC(=O)CC4CCC(=O)N4)c3)c2c1. The number of aromatic nitrogens is 3. The maximum atomic E-state index is 12.3. The fourth-order valence-corrected chi connectivity index (χ4v) is 3.45. The summed E-state index contributed by atoms with van der Waals surface area (Å²) in [4.78, 5) is 27.8. The zero-order valence-electron chi connectivity index (χ0n) is 16.4. The van der Waals surface area contributed by atoms with Crippen LogP contribution in [0.4, 0.5) is 5.82 Å². The lowest BCUT2D eigenvalue weighted by Crippen LogP contribution is -2.30. The highest BCUT2D eigenvalue weighted by Crippen LogP contribution is 2.30. The molecule has 1 aromatic carbocycles. The maximum Gasteiger partial charge on any atom is 0.227 e. The van der Waals surface area contributed by atoms with E-state index in [4.69, 9.17) is 4.74 Å². The average molecular weight is 393 g/mol. The number of carbonyl (C=O) groups is 2. The van der Waals surface area contributed by atoms with Gasteiger partial charge in [-0.25, -0.2) is 4.98 Å². The third-order valence-corrected chi connectivity index (χ3v) is 4.72. The first kappa shape index (κ1) is 18.9. The number of fused-ring (bicyclic) bond motifs is 1. The van der Waals surface area contributed by atoms with Crippen molar-refractivity contribution < 1.29 is 14.3 Å². The Balaban J connectivity index is 1.53. The van der Waals surface area contributed by atoms with Crippen molar-refractivity contribution in [3.05, 3.63) is 36.5 Å². The van der Waals surface area contributed by atoms with Crippen molar-refractivity contribution in [1.82, 2.24) is 20.5 Å². The molecule has 3 aromatic rings. The van der Waals surface area contributed by atoms with Gasteiger partial charge in [-0.1, -0.05) is 0 Å². The Morgan fingerprint density at radius 2 is 2.17 bits per heavy atom. The van der Waals surface area contributed by atoms with Crippen LogP contribution in [0.5, 0.6) is 5.75 Å². The Bertz CT molecular complexity index is 1060. The van der Waals surface area contributed by atoms with E-state index in [1.807, 2.05) is 38.1 Å². The molecule has 0 radical (unpaired) electrons. The van der Waals surface area contributed by atoms with Crippen molar-refractivity contribution in [2.75, 3.05) is 5.32 Å². The number of H-pyrrole nitrogens is 1. The minimum atomic E-state index is -0.179. The molecule has 0 spiro atoms. The van der Waals surface area contributed by atoms with Crippen LogP contribution >= 0.6 is 0 Å². The molecule has 1 fully saturated rings. The third kappa shape index (κ3) is 4.37. The number of hydrogen-bond acceptors (Lipinski definition) is 5. The summed E-state index contributed by atoms with van der Waals surface area (Å²) >= 11 is 0. The minimum Gasteiger partial charge on any atom is -0.491 e. The zero-order chi connectivity index (χ0) is 20.4. The van der Waals surface area contributed by atoms with Crippen LogP contribution in [0.2, 0.25) is 0 Å². The summed E-state index contributed by atoms with van der Waals surface area (Å²) in [5, 5.41) is 14.0. The Morgan fingerprint density at radius 1 is 1.31 bits per heavy atom. The van der Waals surface area contributed by atoms with Crippen molar-refractivity contribution >= 4 is 28.5 Å². The van der Waals surface area contributed by atoms with E-state index in [1.54, 1.807) is 12.3 Å². The van der Waals surface area contributed by atoms with E-state index in [1.165, 1.54) is 0 Å². The van der Waals surface area contributed by atoms with Crippen LogP contribution in [-0.2, 0) is 9.59 Å². The van der Waals surface area contributed by atoms with Crippen molar-refractivity contribution in [2.24, 2.45) is 0 Å². The lowest BCUT2D eigenvalue weighted by atomic mass is 10.1. The molecule has 2 amide bonds. The van der Waals surface area contributed by atoms with Gasteiger partial charge in [-0.15, -0.1) is 0 Å². The first-order valence-corrected chi connectivity index (χ1v) is 9.68. The topological polar surface area (TPSA) is 109 Å². The summed E-state index contributed by atoms with van der Waals surface area (Å²) in [6, 6.07) is 9.32. The summed E-state index contributed by atoms with van der Waals surface area (Å²) in [7, 11) is 0. The highest BCUT2D eigenvalue weighted by Gasteiger charge is 2.23. The molecule has 0 aliphatic carbocycles. The molecule has 1 unspecified atom stereocenters. The molecule has 8 nitrogen and oxygen atoms in total. The maximum absolute atomic E-state index is 12.3. The number of rotatable bonds is 6. The Kier molecular flexibility index (Phi) is 5.16. The lowest BCUT2D eigenvalue weighted by molar-refractivity contribution is -0.119. The van der Waals surface area contributed by atoms with Crippen molar-refractivity contribution in [2.45, 2.75) is 45.3 Å². The average Bonchev–Trinajstić information content (AvgIpc) is 3.27. The van der Waals surface area contributed by atoms with Gasteiger partial charge >= 0.3 is 0 Å². The van der Waals surface area contributed by atoms with Crippen LogP contribution in [0.25, 0.3) is 22.2 Å². The molecule has 3 heterocycles. The molecule has 29 heavy (non-hydrogen) atoms. The smallest absolute Gasteiger partial charge is 0.227 e. The van der Waals surface area contributed by atoms with E-state index >= 15 is 0 Å². The number of amides is 2. The van der Waals surface area contributed by atoms with Crippen molar-refractivity contribution in [3.63, 3.8) is 0 Å². The molecule has 3 N–H and O–H groups in total. The summed E-state index contributed by atoms with van der Waals surface area (Å²) < 4.78 is 5.79. The molecule has 0 saturated carbocycles. The van der Waals surface area contributed by atoms with Gasteiger partial charge < -0.3 is 15.4 Å². The first-order chi connectivity index (χ1) is 14.0. The number of hydrogen-bond donors (Lipinski definition) is 3. The van der Waals surface area contributed by atoms with Gasteiger partial charge in [0.1, 0.15) is 17.3 Å². The van der Waals surface area contributed by atoms with Gasteiger partial charge in [0.2, 0.25) is 11.8 Å². The van der Waals surface area contributed by atoms with Crippen LogP contribution in [0.1, 0.15) is 33.1 Å². The highest BCUT2D eigenvalue weighted by molar-refractivity contribution is 5.95. The second kappa shape index (κ2) is 7.90. The van der Waals surface area contributed by atoms with Gasteiger partial charge in [-0.05, 0) is 50.6 Å². The predicted molar refractivity (Wildman–Crippen MR) is 110 cm³/mol. The second-order valence-electron chi connectivity index (χ2n) is 7.43. The van der Waals surface area contributed by atoms with Crippen molar-refractivity contribution in [1.29, 1.82) is 0 Å². The van der Waals surface area contributed by atoms with Gasteiger partial charge in [0.15, 0.2) is 0 Å². The van der Waals surface area contributed by atoms with Crippen molar-refractivity contribution in [3.8, 4) is 17.0 Å². The fraction of sp³-hybridized carbons (Fsp3) is 0.333. The summed E-state index contributed by atoms with van der Waals surface area (Å²) in [5.74, 6) is 1.04. The summed E-state index contributed by atoms with van der Waals surface area (Å²) in [6.07, 6.45) is 3.10. The zero-order valence-corrected chi connectivity index (χ0v) is 16.4. The predicted octanol–water partition coefficient (Wildman–Crippen LogP) is 3.02. The minimum absolute atomic E-state index is 0.00542. The number of carbonyl (C=O) groups excluding carboxylic acids is 2. The van der Waals surface area contributed by atoms with Gasteiger partial charge in [0.05, 0.1) is 11.6 Å². The van der Waals surface area contributed by atoms with Crippen LogP contribution < -0.4 is 15.4 Å². The number of nitrogens with zero attached hydrogens (tertiary/aromatic N) is 2. The van der Waals surface area contributed by atoms with Crippen LogP contribution in [0.3, 0.4) is 0 Å². The number of pyridine rings is 1. The van der Waals surface area contributed by atoms with Crippen LogP contribution in [0, 0.1) is 0 Å². The third-order valence-electron chi connectivity index (χ3n) is 4.72. The Labute approximate surface area is 168 Å². The fourth-order valence-electron chi connectivity index (χ4n) is 3.45. The summed E-state index contributed by atoms with van der Waals surface area (Å²) in [6.45, 7) is 3.96. The molecule has 1 saturated heterocycles. The Hall–Kier alpha value is -3.42. The molecule has 2 aromatic heterocycles. The lowest BCUT2D eigenvalue weighted by Gasteiger charge is -2.11. The van der Waals surface area contributed by atoms with Gasteiger partial charge in [0.25, 0.3) is 0 Å². The molecule has 1 aliphatic rings. The van der Waals surface area contributed by atoms with E-state index in [-0.39, 0.29) is 30.4 Å². The summed E-state index contributed by atoms with van der Waals surface area (Å²) in [5.41, 5.74) is 2.49. The van der Waals surface area contributed by atoms with Gasteiger partial charge in [0, 0.05) is 36.0 Å². The largest absolute Gasteiger partial charge is 0.491 e. The Morgan fingerprint density at radius 3 is 2.93 bits per heavy atom. The van der Waals surface area contributed by atoms with E-state index in [2.05, 4.69) is 25.8 Å². The van der Waals surface area contributed by atoms with E-state index in [0.29, 0.717) is 18.7 Å². The monoisotopic (exact) mass is 393 g/mol. The molecule has 150 valence electrons. The second-order valence-corrected chi connectivity index (χ2v) is 7.43. The number of aromatic amines is 1. The molecule has 8 heteroatoms. The first-order valence-electron chi connectivity index (χ1n) is 9.68. The number of anilines is 1. The molecule has 0 bridgehead atoms. The van der Waals surface area contributed by atoms with Gasteiger partial charge in [-0.2, -0.15) is 5.10 Å². The van der Waals surface area contributed by atoms with Crippen LogP contribution in [-0.4, -0.2) is 39.1 Å². The van der Waals surface area contributed by atoms with E-state index in [9.17, 15) is 9.59 Å². The van der Waals surface area contributed by atoms with Gasteiger partial charge in [-0.3, -0.25) is 14.7 Å². The van der Waals surface area contributed by atoms with E-state index < -0.39 is 0 Å². The number of benzene rings is 1. The standard InChI is InChI=1S/C21H23N5O3/c1-12(2)29-15-4-5-17-16(11-15)21(26-25-17)13-7-8-22-18(9-13)24-20(28)10-14-3-6-19(27)23-14/h4-5,7-9,11-12,14H,3,6,10H2,1-2H3,(H,23,27)(H,25,26)(H,22,24,28). The molecule has 1 aliphatic heterocycles. The molecular weight excluding hydrogens is 370 g/mol. The molecule has 1 atom stereocenters. The number of ether oxygens (including phenoxy) is 1.